The van der Waals surface area contributed by atoms with Gasteiger partial charge in [0, 0.05) is 43.8 Å². The lowest BCUT2D eigenvalue weighted by molar-refractivity contribution is -0.135. The van der Waals surface area contributed by atoms with Gasteiger partial charge in [0.05, 0.1) is 0 Å². The van der Waals surface area contributed by atoms with Gasteiger partial charge >= 0.3 is 0 Å². The van der Waals surface area contributed by atoms with E-state index in [0.717, 1.165) is 31.2 Å². The number of Topliss-reactive ketones (excluding diaryl/α,β-unsaturated/α-hetero) is 1. The summed E-state index contributed by atoms with van der Waals surface area (Å²) in [4.78, 5) is 40.2. The van der Waals surface area contributed by atoms with E-state index in [1.54, 1.807) is 0 Å². The zero-order chi connectivity index (χ0) is 25.0. The normalized spacial score (nSPS) is 21.9. The van der Waals surface area contributed by atoms with Gasteiger partial charge in [0.2, 0.25) is 11.8 Å². The van der Waals surface area contributed by atoms with E-state index in [0.29, 0.717) is 38.8 Å². The molecule has 3 aromatic carbocycles. The molecular formula is C31H34N2O3. The maximum atomic E-state index is 13.2. The van der Waals surface area contributed by atoms with Crippen molar-refractivity contribution in [2.45, 2.75) is 56.9 Å². The van der Waals surface area contributed by atoms with Crippen LogP contribution in [0.2, 0.25) is 0 Å². The zero-order valence-corrected chi connectivity index (χ0v) is 20.7. The summed E-state index contributed by atoms with van der Waals surface area (Å²) in [5.74, 6) is 0.272. The Morgan fingerprint density at radius 1 is 0.944 bits per heavy atom. The second kappa shape index (κ2) is 10.7. The molecule has 0 unspecified atom stereocenters. The van der Waals surface area contributed by atoms with Gasteiger partial charge in [0.25, 0.3) is 0 Å². The fourth-order valence-corrected chi connectivity index (χ4v) is 5.83. The van der Waals surface area contributed by atoms with Crippen LogP contribution in [-0.2, 0) is 27.2 Å². The number of rotatable bonds is 8. The first kappa shape index (κ1) is 24.2. The lowest BCUT2D eigenvalue weighted by atomic mass is 9.84. The molecule has 2 atom stereocenters. The van der Waals surface area contributed by atoms with Crippen molar-refractivity contribution < 1.29 is 14.4 Å². The van der Waals surface area contributed by atoms with Gasteiger partial charge < -0.3 is 10.2 Å². The Balaban J connectivity index is 1.21. The van der Waals surface area contributed by atoms with Gasteiger partial charge in [0.15, 0.2) is 0 Å². The van der Waals surface area contributed by atoms with Crippen LogP contribution in [0, 0.1) is 5.92 Å². The third-order valence-corrected chi connectivity index (χ3v) is 7.86. The van der Waals surface area contributed by atoms with E-state index >= 15 is 0 Å². The lowest BCUT2D eigenvalue weighted by Crippen LogP contribution is -2.46. The number of piperidine rings is 1. The Bertz CT molecular complexity index is 1250. The first-order chi connectivity index (χ1) is 17.5. The van der Waals surface area contributed by atoms with Crippen LogP contribution in [0.4, 0.5) is 0 Å². The molecule has 2 saturated heterocycles. The molecule has 0 spiro atoms. The number of ketones is 1. The molecule has 0 radical (unpaired) electrons. The number of nitrogens with one attached hydrogen (secondary N) is 1. The smallest absolute Gasteiger partial charge is 0.222 e. The van der Waals surface area contributed by atoms with Crippen LogP contribution >= 0.6 is 0 Å². The quantitative estimate of drug-likeness (QED) is 0.499. The Morgan fingerprint density at radius 3 is 2.50 bits per heavy atom. The van der Waals surface area contributed by atoms with Gasteiger partial charge in [-0.2, -0.15) is 0 Å². The summed E-state index contributed by atoms with van der Waals surface area (Å²) < 4.78 is 0. The summed E-state index contributed by atoms with van der Waals surface area (Å²) in [5, 5.41) is 5.59. The summed E-state index contributed by atoms with van der Waals surface area (Å²) in [6.07, 6.45) is 5.08. The van der Waals surface area contributed by atoms with Crippen LogP contribution in [0.5, 0.6) is 0 Å². The zero-order valence-electron chi connectivity index (χ0n) is 20.7. The van der Waals surface area contributed by atoms with E-state index in [1.165, 1.54) is 16.3 Å². The Morgan fingerprint density at radius 2 is 1.72 bits per heavy atom. The molecule has 5 nitrogen and oxygen atoms in total. The van der Waals surface area contributed by atoms with Crippen LogP contribution in [-0.4, -0.2) is 41.1 Å². The monoisotopic (exact) mass is 482 g/mol. The fourth-order valence-electron chi connectivity index (χ4n) is 5.83. The van der Waals surface area contributed by atoms with E-state index in [4.69, 9.17) is 0 Å². The minimum Gasteiger partial charge on any atom is -0.350 e. The molecule has 2 fully saturated rings. The minimum atomic E-state index is -0.395. The van der Waals surface area contributed by atoms with E-state index in [9.17, 15) is 14.4 Å². The number of hydrogen-bond acceptors (Lipinski definition) is 3. The van der Waals surface area contributed by atoms with Crippen LogP contribution in [0.25, 0.3) is 10.8 Å². The van der Waals surface area contributed by atoms with E-state index in [-0.39, 0.29) is 23.5 Å². The van der Waals surface area contributed by atoms with Gasteiger partial charge in [0.1, 0.15) is 5.78 Å². The fraction of sp³-hybridized carbons (Fsp3) is 0.387. The van der Waals surface area contributed by atoms with E-state index in [2.05, 4.69) is 35.6 Å². The summed E-state index contributed by atoms with van der Waals surface area (Å²) in [6, 6.07) is 24.5. The Hall–Kier alpha value is -3.47. The van der Waals surface area contributed by atoms with Crippen LogP contribution in [0.3, 0.4) is 0 Å². The summed E-state index contributed by atoms with van der Waals surface area (Å²) >= 11 is 0. The highest BCUT2D eigenvalue weighted by atomic mass is 16.2. The molecule has 2 heterocycles. The average Bonchev–Trinajstić information content (AvgIpc) is 3.28. The number of amides is 2. The molecule has 0 aromatic heterocycles. The van der Waals surface area contributed by atoms with Gasteiger partial charge in [-0.1, -0.05) is 72.8 Å². The first-order valence-electron chi connectivity index (χ1n) is 13.1. The number of fused-ring (bicyclic) bond motifs is 1. The summed E-state index contributed by atoms with van der Waals surface area (Å²) in [6.45, 7) is 1.21. The van der Waals surface area contributed by atoms with Crippen molar-refractivity contribution in [3.63, 3.8) is 0 Å². The number of carbonyl (C=O) groups is 3. The minimum absolute atomic E-state index is 0.0628. The van der Waals surface area contributed by atoms with Crippen LogP contribution in [0.1, 0.15) is 49.7 Å². The Kier molecular flexibility index (Phi) is 7.17. The number of likely N-dealkylation sites (tertiary alicyclic amines) is 1. The molecule has 5 heteroatoms. The molecule has 5 rings (SSSR count). The lowest BCUT2D eigenvalue weighted by Gasteiger charge is -2.34. The van der Waals surface area contributed by atoms with Crippen molar-refractivity contribution in [2.75, 3.05) is 13.1 Å². The molecule has 36 heavy (non-hydrogen) atoms. The number of benzene rings is 3. The van der Waals surface area contributed by atoms with Crippen molar-refractivity contribution in [1.29, 1.82) is 0 Å². The number of hydrogen-bond donors (Lipinski definition) is 1. The van der Waals surface area contributed by atoms with Gasteiger partial charge in [-0.3, -0.25) is 14.4 Å². The first-order valence-corrected chi connectivity index (χ1v) is 13.1. The van der Waals surface area contributed by atoms with Crippen molar-refractivity contribution in [2.24, 2.45) is 5.92 Å². The van der Waals surface area contributed by atoms with Crippen molar-refractivity contribution in [3.8, 4) is 0 Å². The van der Waals surface area contributed by atoms with Crippen molar-refractivity contribution >= 4 is 28.4 Å². The largest absolute Gasteiger partial charge is 0.350 e. The Labute approximate surface area is 212 Å². The molecule has 3 aromatic rings. The maximum Gasteiger partial charge on any atom is 0.222 e. The molecule has 1 N–H and O–H groups in total. The third kappa shape index (κ3) is 5.67. The predicted molar refractivity (Wildman–Crippen MR) is 141 cm³/mol. The SMILES string of the molecule is O=C1CC[C@](CCC(=O)N2CCC[C@H](C(=O)Cc3ccccc3)C2)(Cc2ccc3ccccc3c2)N1. The predicted octanol–water partition coefficient (Wildman–Crippen LogP) is 4.86. The van der Waals surface area contributed by atoms with Gasteiger partial charge in [-0.25, -0.2) is 0 Å². The van der Waals surface area contributed by atoms with Crippen LogP contribution in [0.15, 0.2) is 72.8 Å². The highest BCUT2D eigenvalue weighted by Gasteiger charge is 2.38. The summed E-state index contributed by atoms with van der Waals surface area (Å²) in [7, 11) is 0. The maximum absolute atomic E-state index is 13.2. The molecule has 0 saturated carbocycles. The number of nitrogens with zero attached hydrogens (tertiary/aromatic N) is 1. The van der Waals surface area contributed by atoms with Crippen LogP contribution < -0.4 is 5.32 Å². The molecule has 2 amide bonds. The summed E-state index contributed by atoms with van der Waals surface area (Å²) in [5.41, 5.74) is 1.81. The van der Waals surface area contributed by atoms with Gasteiger partial charge in [-0.15, -0.1) is 0 Å². The second-order valence-corrected chi connectivity index (χ2v) is 10.5. The second-order valence-electron chi connectivity index (χ2n) is 10.5. The average molecular weight is 483 g/mol. The standard InChI is InChI=1S/C31H34N2O3/c34-28(20-23-7-2-1-3-8-23)27-11-6-18-33(22-27)30(36)15-17-31(16-14-29(35)32-31)21-24-12-13-25-9-4-5-10-26(25)19-24/h1-5,7-10,12-13,19,27H,6,11,14-18,20-22H2,(H,32,35)/t27-,31-/m0/s1. The molecule has 2 aliphatic rings. The molecule has 2 aliphatic heterocycles. The highest BCUT2D eigenvalue weighted by molar-refractivity contribution is 5.85. The van der Waals surface area contributed by atoms with E-state index < -0.39 is 5.54 Å². The topological polar surface area (TPSA) is 66.5 Å². The molecule has 0 aliphatic carbocycles. The number of carbonyl (C=O) groups excluding carboxylic acids is 3. The van der Waals surface area contributed by atoms with Crippen molar-refractivity contribution in [1.82, 2.24) is 10.2 Å². The molecule has 0 bridgehead atoms. The highest BCUT2D eigenvalue weighted by Crippen LogP contribution is 2.31. The third-order valence-electron chi connectivity index (χ3n) is 7.86. The van der Waals surface area contributed by atoms with Crippen molar-refractivity contribution in [3.05, 3.63) is 83.9 Å². The van der Waals surface area contributed by atoms with E-state index in [1.807, 2.05) is 47.4 Å². The molecule has 186 valence electrons. The molecular weight excluding hydrogens is 448 g/mol. The van der Waals surface area contributed by atoms with Gasteiger partial charge in [-0.05, 0) is 54.0 Å².